The lowest BCUT2D eigenvalue weighted by Crippen LogP contribution is -2.67. The maximum absolute atomic E-state index is 6.40. The molecule has 3 rings (SSSR count). The number of nitrogens with zero attached hydrogens (tertiary/aromatic N) is 2. The van der Waals surface area contributed by atoms with Gasteiger partial charge in [-0.1, -0.05) is 20.8 Å². The first kappa shape index (κ1) is 15.8. The van der Waals surface area contributed by atoms with Crippen LogP contribution in [-0.2, 0) is 0 Å². The van der Waals surface area contributed by atoms with Crippen molar-refractivity contribution < 1.29 is 0 Å². The van der Waals surface area contributed by atoms with Gasteiger partial charge in [-0.15, -0.1) is 0 Å². The lowest BCUT2D eigenvalue weighted by molar-refractivity contribution is -0.0713. The highest BCUT2D eigenvalue weighted by Gasteiger charge is 2.49. The van der Waals surface area contributed by atoms with Gasteiger partial charge in [-0.2, -0.15) is 0 Å². The van der Waals surface area contributed by atoms with Crippen molar-refractivity contribution in [2.24, 2.45) is 17.1 Å². The minimum absolute atomic E-state index is 0.245. The molecule has 3 heteroatoms. The highest BCUT2D eigenvalue weighted by atomic mass is 15.3. The van der Waals surface area contributed by atoms with E-state index in [0.29, 0.717) is 11.5 Å². The van der Waals surface area contributed by atoms with Gasteiger partial charge in [-0.3, -0.25) is 9.80 Å². The van der Waals surface area contributed by atoms with E-state index in [1.54, 1.807) is 0 Å². The fourth-order valence-electron chi connectivity index (χ4n) is 6.04. The van der Waals surface area contributed by atoms with Gasteiger partial charge in [0.2, 0.25) is 0 Å². The highest BCUT2D eigenvalue weighted by molar-refractivity contribution is 5.05. The summed E-state index contributed by atoms with van der Waals surface area (Å²) in [5, 5.41) is 0. The third-order valence-electron chi connectivity index (χ3n) is 6.36. The Bertz CT molecular complexity index is 381. The summed E-state index contributed by atoms with van der Waals surface area (Å²) in [4.78, 5) is 5.56. The molecule has 0 aromatic carbocycles. The second-order valence-electron chi connectivity index (χ2n) is 9.08. The van der Waals surface area contributed by atoms with E-state index >= 15 is 0 Å². The van der Waals surface area contributed by atoms with Gasteiger partial charge in [0.1, 0.15) is 0 Å². The van der Waals surface area contributed by atoms with Crippen molar-refractivity contribution in [3.05, 3.63) is 0 Å². The van der Waals surface area contributed by atoms with Gasteiger partial charge in [0.25, 0.3) is 0 Å². The third kappa shape index (κ3) is 2.89. The molecule has 2 saturated heterocycles. The van der Waals surface area contributed by atoms with Crippen molar-refractivity contribution in [3.8, 4) is 0 Å². The molecule has 0 aromatic heterocycles. The van der Waals surface area contributed by atoms with E-state index < -0.39 is 0 Å². The first-order valence-corrected chi connectivity index (χ1v) is 9.06. The van der Waals surface area contributed by atoms with Crippen LogP contribution in [-0.4, -0.2) is 53.6 Å². The summed E-state index contributed by atoms with van der Waals surface area (Å²) >= 11 is 0. The van der Waals surface area contributed by atoms with E-state index in [1.807, 2.05) is 0 Å². The van der Waals surface area contributed by atoms with E-state index in [0.717, 1.165) is 18.5 Å². The van der Waals surface area contributed by atoms with Crippen LogP contribution in [0.3, 0.4) is 0 Å². The van der Waals surface area contributed by atoms with Crippen LogP contribution in [0.1, 0.15) is 59.8 Å². The smallest absolute Gasteiger partial charge is 0.0343 e. The maximum atomic E-state index is 6.40. The molecule has 2 aliphatic heterocycles. The Morgan fingerprint density at radius 3 is 2.57 bits per heavy atom. The molecular formula is C18H35N3. The third-order valence-corrected chi connectivity index (χ3v) is 6.36. The minimum atomic E-state index is 0.245. The Hall–Kier alpha value is -0.120. The molecule has 0 amide bonds. The average Bonchev–Trinajstić information content (AvgIpc) is 2.82. The Balaban J connectivity index is 1.84. The van der Waals surface area contributed by atoms with Crippen LogP contribution < -0.4 is 5.73 Å². The molecule has 0 aromatic rings. The van der Waals surface area contributed by atoms with Crippen LogP contribution in [0.15, 0.2) is 0 Å². The van der Waals surface area contributed by atoms with Crippen molar-refractivity contribution in [3.63, 3.8) is 0 Å². The molecule has 3 fully saturated rings. The summed E-state index contributed by atoms with van der Waals surface area (Å²) in [6.07, 6.45) is 6.71. The van der Waals surface area contributed by atoms with Gasteiger partial charge < -0.3 is 5.73 Å². The van der Waals surface area contributed by atoms with Crippen molar-refractivity contribution in [1.29, 1.82) is 0 Å². The molecule has 0 radical (unpaired) electrons. The predicted molar refractivity (Wildman–Crippen MR) is 89.3 cm³/mol. The predicted octanol–water partition coefficient (Wildman–Crippen LogP) is 2.70. The van der Waals surface area contributed by atoms with Gasteiger partial charge in [0, 0.05) is 37.3 Å². The molecule has 1 aliphatic carbocycles. The minimum Gasteiger partial charge on any atom is -0.329 e. The number of hydrogen-bond donors (Lipinski definition) is 1. The average molecular weight is 293 g/mol. The zero-order valence-electron chi connectivity index (χ0n) is 14.6. The van der Waals surface area contributed by atoms with Crippen LogP contribution in [0.2, 0.25) is 0 Å². The zero-order chi connectivity index (χ0) is 15.3. The lowest BCUT2D eigenvalue weighted by atomic mass is 9.63. The van der Waals surface area contributed by atoms with E-state index in [-0.39, 0.29) is 5.54 Å². The van der Waals surface area contributed by atoms with Gasteiger partial charge in [-0.25, -0.2) is 0 Å². The van der Waals surface area contributed by atoms with E-state index in [1.165, 1.54) is 51.7 Å². The fraction of sp³-hybridized carbons (Fsp3) is 1.00. The number of nitrogens with two attached hydrogens (primary N) is 1. The van der Waals surface area contributed by atoms with Crippen LogP contribution in [0.4, 0.5) is 0 Å². The van der Waals surface area contributed by atoms with E-state index in [4.69, 9.17) is 5.73 Å². The molecular weight excluding hydrogens is 258 g/mol. The topological polar surface area (TPSA) is 32.5 Å². The maximum Gasteiger partial charge on any atom is 0.0343 e. The van der Waals surface area contributed by atoms with Crippen LogP contribution in [0.25, 0.3) is 0 Å². The number of fused-ring (bicyclic) bond motifs is 1. The molecule has 3 aliphatic rings. The summed E-state index contributed by atoms with van der Waals surface area (Å²) in [7, 11) is 0. The quantitative estimate of drug-likeness (QED) is 0.849. The monoisotopic (exact) mass is 293 g/mol. The summed E-state index contributed by atoms with van der Waals surface area (Å²) < 4.78 is 0. The first-order valence-electron chi connectivity index (χ1n) is 9.06. The number of hydrogen-bond acceptors (Lipinski definition) is 3. The Morgan fingerprint density at radius 2 is 1.90 bits per heavy atom. The first-order chi connectivity index (χ1) is 9.85. The van der Waals surface area contributed by atoms with Gasteiger partial charge in [0.15, 0.2) is 0 Å². The largest absolute Gasteiger partial charge is 0.329 e. The molecule has 0 bridgehead atoms. The molecule has 21 heavy (non-hydrogen) atoms. The Morgan fingerprint density at radius 1 is 1.14 bits per heavy atom. The molecule has 2 N–H and O–H groups in total. The Labute approximate surface area is 131 Å². The van der Waals surface area contributed by atoms with Gasteiger partial charge in [0.05, 0.1) is 0 Å². The number of piperazine rings is 1. The summed E-state index contributed by atoms with van der Waals surface area (Å²) in [5.74, 6) is 0.797. The molecule has 4 atom stereocenters. The molecule has 3 nitrogen and oxygen atoms in total. The van der Waals surface area contributed by atoms with Gasteiger partial charge in [-0.05, 0) is 56.9 Å². The molecule has 2 heterocycles. The normalized spacial score (nSPS) is 44.7. The van der Waals surface area contributed by atoms with Crippen molar-refractivity contribution in [2.75, 3.05) is 26.2 Å². The van der Waals surface area contributed by atoms with Crippen LogP contribution in [0, 0.1) is 11.3 Å². The van der Waals surface area contributed by atoms with Crippen LogP contribution in [0.5, 0.6) is 0 Å². The van der Waals surface area contributed by atoms with Crippen LogP contribution >= 0.6 is 0 Å². The molecule has 4 unspecified atom stereocenters. The molecule has 0 spiro atoms. The fourth-order valence-corrected chi connectivity index (χ4v) is 6.04. The standard InChI is InChI=1S/C18H35N3/c1-14-8-17(3,4)12-18(9-14,13-19)21-11-16-6-5-7-20(16)10-15(21)2/h14-16H,5-13,19H2,1-4H3. The second-order valence-corrected chi connectivity index (χ2v) is 9.08. The highest BCUT2D eigenvalue weighted by Crippen LogP contribution is 2.47. The summed E-state index contributed by atoms with van der Waals surface area (Å²) in [6, 6.07) is 1.45. The molecule has 1 saturated carbocycles. The number of rotatable bonds is 2. The van der Waals surface area contributed by atoms with Crippen molar-refractivity contribution in [2.45, 2.75) is 77.4 Å². The zero-order valence-corrected chi connectivity index (χ0v) is 14.6. The van der Waals surface area contributed by atoms with Gasteiger partial charge >= 0.3 is 0 Å². The summed E-state index contributed by atoms with van der Waals surface area (Å²) in [6.45, 7) is 14.4. The van der Waals surface area contributed by atoms with E-state index in [2.05, 4.69) is 37.5 Å². The van der Waals surface area contributed by atoms with Crippen molar-refractivity contribution in [1.82, 2.24) is 9.80 Å². The molecule has 122 valence electrons. The summed E-state index contributed by atoms with van der Waals surface area (Å²) in [5.41, 5.74) is 7.08. The SMILES string of the molecule is CC1CC(C)(C)CC(CN)(N2CC3CCCN3CC2C)C1. The van der Waals surface area contributed by atoms with E-state index in [9.17, 15) is 0 Å². The lowest BCUT2D eigenvalue weighted by Gasteiger charge is -2.58. The second kappa shape index (κ2) is 5.50. The Kier molecular flexibility index (Phi) is 4.13. The van der Waals surface area contributed by atoms with Crippen molar-refractivity contribution >= 4 is 0 Å².